The number of amides is 1. The Balaban J connectivity index is 1.36. The summed E-state index contributed by atoms with van der Waals surface area (Å²) in [5, 5.41) is 4.52. The molecule has 0 N–H and O–H groups in total. The minimum Gasteiger partial charge on any atom is -0.494 e. The number of halogens is 2. The lowest BCUT2D eigenvalue weighted by molar-refractivity contribution is 0.0518. The zero-order valence-corrected chi connectivity index (χ0v) is 22.1. The molecule has 5 rings (SSSR count). The van der Waals surface area contributed by atoms with Crippen molar-refractivity contribution in [3.63, 3.8) is 0 Å². The van der Waals surface area contributed by atoms with E-state index >= 15 is 0 Å². The second-order valence-electron chi connectivity index (χ2n) is 9.17. The van der Waals surface area contributed by atoms with Gasteiger partial charge in [-0.05, 0) is 55.5 Å². The Morgan fingerprint density at radius 1 is 0.925 bits per heavy atom. The summed E-state index contributed by atoms with van der Waals surface area (Å²) in [6.07, 6.45) is 0. The van der Waals surface area contributed by atoms with Gasteiger partial charge in [-0.25, -0.2) is 18.3 Å². The third kappa shape index (κ3) is 5.38. The van der Waals surface area contributed by atoms with E-state index in [0.717, 1.165) is 29.4 Å². The third-order valence-electron chi connectivity index (χ3n) is 6.76. The van der Waals surface area contributed by atoms with Crippen molar-refractivity contribution in [2.45, 2.75) is 6.92 Å². The highest BCUT2D eigenvalue weighted by molar-refractivity contribution is 5.94. The predicted octanol–water partition coefficient (Wildman–Crippen LogP) is 4.97. The number of aromatic nitrogens is 2. The molecule has 8 nitrogen and oxygen atoms in total. The fourth-order valence-corrected chi connectivity index (χ4v) is 4.72. The molecular formula is C30H28F2N4O4. The highest BCUT2D eigenvalue weighted by Gasteiger charge is 2.25. The van der Waals surface area contributed by atoms with Crippen LogP contribution in [-0.2, 0) is 4.74 Å². The molecule has 0 atom stereocenters. The maximum Gasteiger partial charge on any atom is 0.358 e. The van der Waals surface area contributed by atoms with Crippen LogP contribution in [0, 0.1) is 11.6 Å². The highest BCUT2D eigenvalue weighted by atomic mass is 19.1. The molecule has 206 valence electrons. The SMILES string of the molecule is CCOC(=O)c1cc(-c2ccc(N3CCN(C(=O)c4cc(F)ccc4F)CC3)cc2)n(-c2ccccc2OC)n1. The van der Waals surface area contributed by atoms with E-state index in [2.05, 4.69) is 10.00 Å². The lowest BCUT2D eigenvalue weighted by Gasteiger charge is -2.36. The van der Waals surface area contributed by atoms with E-state index in [9.17, 15) is 18.4 Å². The van der Waals surface area contributed by atoms with Gasteiger partial charge in [-0.15, -0.1) is 0 Å². The maximum absolute atomic E-state index is 14.1. The molecule has 0 saturated carbocycles. The Bertz CT molecular complexity index is 1530. The van der Waals surface area contributed by atoms with Crippen molar-refractivity contribution in [2.75, 3.05) is 44.8 Å². The normalized spacial score (nSPS) is 13.3. The molecule has 0 aliphatic carbocycles. The van der Waals surface area contributed by atoms with Gasteiger partial charge in [-0.2, -0.15) is 5.10 Å². The number of para-hydroxylation sites is 2. The second kappa shape index (κ2) is 11.6. The number of nitrogens with zero attached hydrogens (tertiary/aromatic N) is 4. The van der Waals surface area contributed by atoms with Crippen LogP contribution in [0.3, 0.4) is 0 Å². The minimum absolute atomic E-state index is 0.183. The summed E-state index contributed by atoms with van der Waals surface area (Å²) in [5.41, 5.74) is 3.06. The zero-order valence-electron chi connectivity index (χ0n) is 22.1. The molecule has 0 bridgehead atoms. The Morgan fingerprint density at radius 2 is 1.65 bits per heavy atom. The monoisotopic (exact) mass is 546 g/mol. The molecule has 1 saturated heterocycles. The van der Waals surface area contributed by atoms with Gasteiger partial charge in [0.2, 0.25) is 0 Å². The van der Waals surface area contributed by atoms with Crippen LogP contribution in [0.1, 0.15) is 27.8 Å². The van der Waals surface area contributed by atoms with Crippen LogP contribution in [-0.4, -0.2) is 66.5 Å². The average Bonchev–Trinajstić information content (AvgIpc) is 3.44. The van der Waals surface area contributed by atoms with Crippen LogP contribution >= 0.6 is 0 Å². The Labute approximate surface area is 230 Å². The zero-order chi connectivity index (χ0) is 28.2. The van der Waals surface area contributed by atoms with E-state index in [0.29, 0.717) is 43.3 Å². The summed E-state index contributed by atoms with van der Waals surface area (Å²) in [7, 11) is 1.57. The van der Waals surface area contributed by atoms with Crippen molar-refractivity contribution in [3.8, 4) is 22.7 Å². The van der Waals surface area contributed by atoms with Crippen LogP contribution < -0.4 is 9.64 Å². The number of carbonyl (C=O) groups excluding carboxylic acids is 2. The fourth-order valence-electron chi connectivity index (χ4n) is 4.72. The first-order valence-corrected chi connectivity index (χ1v) is 12.9. The second-order valence-corrected chi connectivity index (χ2v) is 9.17. The quantitative estimate of drug-likeness (QED) is 0.305. The number of rotatable bonds is 7. The third-order valence-corrected chi connectivity index (χ3v) is 6.76. The first-order valence-electron chi connectivity index (χ1n) is 12.9. The minimum atomic E-state index is -0.733. The first kappa shape index (κ1) is 26.9. The van der Waals surface area contributed by atoms with E-state index in [-0.39, 0.29) is 17.9 Å². The van der Waals surface area contributed by atoms with E-state index in [1.165, 1.54) is 4.90 Å². The van der Waals surface area contributed by atoms with Crippen molar-refractivity contribution in [2.24, 2.45) is 0 Å². The van der Waals surface area contributed by atoms with Crippen LogP contribution in [0.5, 0.6) is 5.75 Å². The number of methoxy groups -OCH3 is 1. The average molecular weight is 547 g/mol. The summed E-state index contributed by atoms with van der Waals surface area (Å²) >= 11 is 0. The van der Waals surface area contributed by atoms with Gasteiger partial charge in [0.1, 0.15) is 23.1 Å². The molecule has 1 amide bonds. The molecule has 4 aromatic rings. The van der Waals surface area contributed by atoms with Crippen molar-refractivity contribution in [1.29, 1.82) is 0 Å². The van der Waals surface area contributed by atoms with Crippen molar-refractivity contribution in [3.05, 3.63) is 95.7 Å². The summed E-state index contributed by atoms with van der Waals surface area (Å²) < 4.78 is 40.0. The number of piperazine rings is 1. The largest absolute Gasteiger partial charge is 0.494 e. The summed E-state index contributed by atoms with van der Waals surface area (Å²) in [4.78, 5) is 28.9. The summed E-state index contributed by atoms with van der Waals surface area (Å²) in [6.45, 7) is 3.80. The molecule has 40 heavy (non-hydrogen) atoms. The summed E-state index contributed by atoms with van der Waals surface area (Å²) in [6, 6.07) is 19.8. The molecule has 0 radical (unpaired) electrons. The molecule has 1 fully saturated rings. The topological polar surface area (TPSA) is 76.9 Å². The van der Waals surface area contributed by atoms with Gasteiger partial charge in [-0.1, -0.05) is 24.3 Å². The predicted molar refractivity (Wildman–Crippen MR) is 146 cm³/mol. The van der Waals surface area contributed by atoms with Gasteiger partial charge >= 0.3 is 5.97 Å². The molecule has 0 unspecified atom stereocenters. The van der Waals surface area contributed by atoms with Crippen LogP contribution in [0.2, 0.25) is 0 Å². The number of anilines is 1. The molecule has 1 aromatic heterocycles. The standard InChI is InChI=1S/C30H28F2N4O4/c1-3-40-30(38)25-19-27(36(33-25)26-6-4-5-7-28(26)39-2)20-8-11-22(12-9-20)34-14-16-35(17-15-34)29(37)23-18-21(31)10-13-24(23)32/h4-13,18-19H,3,14-17H2,1-2H3. The molecule has 2 heterocycles. The lowest BCUT2D eigenvalue weighted by atomic mass is 10.1. The number of ether oxygens (including phenoxy) is 2. The van der Waals surface area contributed by atoms with Crippen molar-refractivity contribution in [1.82, 2.24) is 14.7 Å². The Morgan fingerprint density at radius 3 is 2.35 bits per heavy atom. The van der Waals surface area contributed by atoms with Crippen molar-refractivity contribution >= 4 is 17.6 Å². The van der Waals surface area contributed by atoms with Crippen LogP contribution in [0.15, 0.2) is 72.8 Å². The highest BCUT2D eigenvalue weighted by Crippen LogP contribution is 2.31. The number of hydrogen-bond acceptors (Lipinski definition) is 6. The van der Waals surface area contributed by atoms with Crippen LogP contribution in [0.25, 0.3) is 16.9 Å². The first-order chi connectivity index (χ1) is 19.4. The van der Waals surface area contributed by atoms with Crippen LogP contribution in [0.4, 0.5) is 14.5 Å². The van der Waals surface area contributed by atoms with Gasteiger partial charge in [-0.3, -0.25) is 4.79 Å². The van der Waals surface area contributed by atoms with Gasteiger partial charge in [0.05, 0.1) is 25.0 Å². The van der Waals surface area contributed by atoms with Gasteiger partial charge in [0, 0.05) is 37.4 Å². The van der Waals surface area contributed by atoms with Crippen molar-refractivity contribution < 1.29 is 27.8 Å². The number of hydrogen-bond donors (Lipinski definition) is 0. The molecule has 3 aromatic carbocycles. The molecular weight excluding hydrogens is 518 g/mol. The fraction of sp³-hybridized carbons (Fsp3) is 0.233. The Hall–Kier alpha value is -4.73. The smallest absolute Gasteiger partial charge is 0.358 e. The molecule has 0 spiro atoms. The van der Waals surface area contributed by atoms with E-state index in [1.54, 1.807) is 24.8 Å². The molecule has 10 heteroatoms. The Kier molecular flexibility index (Phi) is 7.77. The molecule has 1 aliphatic heterocycles. The maximum atomic E-state index is 14.1. The number of esters is 1. The van der Waals surface area contributed by atoms with E-state index in [4.69, 9.17) is 9.47 Å². The summed E-state index contributed by atoms with van der Waals surface area (Å²) in [5.74, 6) is -1.81. The molecule has 1 aliphatic rings. The van der Waals surface area contributed by atoms with E-state index in [1.807, 2.05) is 48.5 Å². The van der Waals surface area contributed by atoms with Gasteiger partial charge < -0.3 is 19.3 Å². The van der Waals surface area contributed by atoms with E-state index < -0.39 is 23.5 Å². The van der Waals surface area contributed by atoms with Gasteiger partial charge in [0.25, 0.3) is 5.91 Å². The number of benzene rings is 3. The van der Waals surface area contributed by atoms with Gasteiger partial charge in [0.15, 0.2) is 5.69 Å². The lowest BCUT2D eigenvalue weighted by Crippen LogP contribution is -2.49. The number of carbonyl (C=O) groups is 2.